The maximum atomic E-state index is 11.5. The Morgan fingerprint density at radius 2 is 1.24 bits per heavy atom. The molecule has 0 rings (SSSR count). The summed E-state index contributed by atoms with van der Waals surface area (Å²) >= 11 is 0. The highest BCUT2D eigenvalue weighted by atomic mass is 16.6. The molecule has 0 radical (unpaired) electrons. The quantitative estimate of drug-likeness (QED) is 0.0566. The molecule has 0 heterocycles. The van der Waals surface area contributed by atoms with E-state index in [4.69, 9.17) is 28.8 Å². The van der Waals surface area contributed by atoms with E-state index in [1.165, 1.54) is 12.5 Å². The highest BCUT2D eigenvalue weighted by Crippen LogP contribution is 2.09. The zero-order valence-electron chi connectivity index (χ0n) is 25.5. The summed E-state index contributed by atoms with van der Waals surface area (Å²) in [6.07, 6.45) is 8.30. The maximum absolute atomic E-state index is 11.5. The van der Waals surface area contributed by atoms with Gasteiger partial charge in [0, 0.05) is 40.4 Å². The Morgan fingerprint density at radius 3 is 1.67 bits per heavy atom. The number of hydrogen-bond donors (Lipinski definition) is 3. The molecule has 282 valence electrons. The molecule has 0 aromatic heterocycles. The number of isocyanates is 1. The van der Waals surface area contributed by atoms with Gasteiger partial charge in [-0.05, 0) is 39.5 Å². The van der Waals surface area contributed by atoms with Gasteiger partial charge in [-0.15, -0.1) is 0 Å². The predicted octanol–water partition coefficient (Wildman–Crippen LogP) is 7.84. The first-order chi connectivity index (χ1) is 18.8. The van der Waals surface area contributed by atoms with E-state index in [0.29, 0.717) is 59.2 Å². The largest absolute Gasteiger partial charge is 0.446 e. The number of nitrogens with zero attached hydrogens (tertiary/aromatic N) is 1. The SMILES string of the molecule is C.C.C.C.C.C.CCCCC(C)O.CCCCC(O)CC(C)OC(=O)NCCCOCCOC.COCCOCCCN=C=O. The normalized spacial score (nSPS) is 10.8. The number of aliphatic imine (C=N–C) groups is 1. The van der Waals surface area contributed by atoms with Gasteiger partial charge in [-0.3, -0.25) is 0 Å². The molecule has 3 unspecified atom stereocenters. The van der Waals surface area contributed by atoms with Gasteiger partial charge >= 0.3 is 6.09 Å². The van der Waals surface area contributed by atoms with Crippen LogP contribution in [0.15, 0.2) is 4.99 Å². The fraction of sp³-hybridized carbons (Fsp3) is 0.941. The number of ether oxygens (including phenoxy) is 5. The lowest BCUT2D eigenvalue weighted by atomic mass is 10.1. The minimum atomic E-state index is -0.443. The van der Waals surface area contributed by atoms with Crippen molar-refractivity contribution in [1.82, 2.24) is 5.32 Å². The lowest BCUT2D eigenvalue weighted by Gasteiger charge is -2.17. The van der Waals surface area contributed by atoms with Gasteiger partial charge in [-0.25, -0.2) is 14.6 Å². The molecule has 0 aliphatic carbocycles. The van der Waals surface area contributed by atoms with Crippen LogP contribution < -0.4 is 5.32 Å². The van der Waals surface area contributed by atoms with E-state index in [0.717, 1.165) is 44.9 Å². The zero-order valence-corrected chi connectivity index (χ0v) is 25.5. The van der Waals surface area contributed by atoms with Crippen LogP contribution in [0, 0.1) is 0 Å². The average molecular weight is 663 g/mol. The number of aliphatic hydroxyl groups is 2. The minimum absolute atomic E-state index is 0. The minimum Gasteiger partial charge on any atom is -0.446 e. The van der Waals surface area contributed by atoms with Gasteiger partial charge in [0.1, 0.15) is 6.10 Å². The maximum Gasteiger partial charge on any atom is 0.407 e. The summed E-state index contributed by atoms with van der Waals surface area (Å²) in [6, 6.07) is 0. The Morgan fingerprint density at radius 1 is 0.756 bits per heavy atom. The first-order valence-corrected chi connectivity index (χ1v) is 14.3. The molecule has 11 nitrogen and oxygen atoms in total. The highest BCUT2D eigenvalue weighted by Gasteiger charge is 2.13. The van der Waals surface area contributed by atoms with Crippen molar-refractivity contribution in [2.45, 2.75) is 148 Å². The van der Waals surface area contributed by atoms with Crippen LogP contribution in [-0.4, -0.2) is 108 Å². The number of amides is 1. The molecule has 0 aromatic rings. The molecule has 0 aliphatic rings. The Hall–Kier alpha value is -1.59. The summed E-state index contributed by atoms with van der Waals surface area (Å²) in [6.45, 7) is 12.4. The molecular weight excluding hydrogens is 580 g/mol. The van der Waals surface area contributed by atoms with E-state index >= 15 is 0 Å². The van der Waals surface area contributed by atoms with Crippen molar-refractivity contribution >= 4 is 12.2 Å². The summed E-state index contributed by atoms with van der Waals surface area (Å²) < 4.78 is 25.2. The molecule has 0 fully saturated rings. The Kier molecular flexibility index (Phi) is 85.0. The first kappa shape index (κ1) is 65.9. The third-order valence-corrected chi connectivity index (χ3v) is 5.00. The van der Waals surface area contributed by atoms with E-state index in [1.54, 1.807) is 21.1 Å². The van der Waals surface area contributed by atoms with E-state index < -0.39 is 12.2 Å². The molecule has 0 aromatic carbocycles. The van der Waals surface area contributed by atoms with Crippen molar-refractivity contribution in [3.8, 4) is 0 Å². The highest BCUT2D eigenvalue weighted by molar-refractivity contribution is 5.67. The molecule has 0 saturated heterocycles. The molecular formula is C34H82N2O9. The smallest absolute Gasteiger partial charge is 0.407 e. The Labute approximate surface area is 281 Å². The van der Waals surface area contributed by atoms with Crippen molar-refractivity contribution in [3.05, 3.63) is 0 Å². The van der Waals surface area contributed by atoms with E-state index in [9.17, 15) is 14.7 Å². The summed E-state index contributed by atoms with van der Waals surface area (Å²) in [5.74, 6) is 0. The average Bonchev–Trinajstić information content (AvgIpc) is 2.90. The van der Waals surface area contributed by atoms with E-state index in [-0.39, 0.29) is 56.8 Å². The number of carbonyl (C=O) groups excluding carboxylic acids is 2. The van der Waals surface area contributed by atoms with E-state index in [1.807, 2.05) is 6.92 Å². The molecule has 45 heavy (non-hydrogen) atoms. The summed E-state index contributed by atoms with van der Waals surface area (Å²) in [5.41, 5.74) is 0. The van der Waals surface area contributed by atoms with Crippen molar-refractivity contribution in [2.24, 2.45) is 4.99 Å². The monoisotopic (exact) mass is 663 g/mol. The molecule has 1 amide bonds. The number of carbonyl (C=O) groups is 1. The van der Waals surface area contributed by atoms with Crippen molar-refractivity contribution in [3.63, 3.8) is 0 Å². The number of unbranched alkanes of at least 4 members (excludes halogenated alkanes) is 2. The summed E-state index contributed by atoms with van der Waals surface area (Å²) in [5, 5.41) is 21.1. The number of rotatable bonds is 23. The molecule has 0 bridgehead atoms. The van der Waals surface area contributed by atoms with Crippen LogP contribution in [0.3, 0.4) is 0 Å². The van der Waals surface area contributed by atoms with Crippen LogP contribution in [0.4, 0.5) is 4.79 Å². The van der Waals surface area contributed by atoms with Crippen LogP contribution >= 0.6 is 0 Å². The first-order valence-electron chi connectivity index (χ1n) is 14.3. The van der Waals surface area contributed by atoms with Crippen LogP contribution in [0.2, 0.25) is 0 Å². The van der Waals surface area contributed by atoms with Crippen molar-refractivity contribution in [2.75, 3.05) is 67.0 Å². The number of aliphatic hydroxyl groups excluding tert-OH is 2. The summed E-state index contributed by atoms with van der Waals surface area (Å²) in [7, 11) is 3.25. The Balaban J connectivity index is -0.0000000661. The molecule has 3 atom stereocenters. The van der Waals surface area contributed by atoms with Crippen LogP contribution in [0.5, 0.6) is 0 Å². The lowest BCUT2D eigenvalue weighted by molar-refractivity contribution is 0.0566. The van der Waals surface area contributed by atoms with Gasteiger partial charge in [0.05, 0.1) is 45.2 Å². The van der Waals surface area contributed by atoms with Gasteiger partial charge in [0.2, 0.25) is 6.08 Å². The van der Waals surface area contributed by atoms with Crippen molar-refractivity contribution in [1.29, 1.82) is 0 Å². The summed E-state index contributed by atoms with van der Waals surface area (Å²) in [4.78, 5) is 24.5. The second-order valence-corrected chi connectivity index (χ2v) is 9.06. The second-order valence-electron chi connectivity index (χ2n) is 9.06. The van der Waals surface area contributed by atoms with Crippen LogP contribution in [0.25, 0.3) is 0 Å². The van der Waals surface area contributed by atoms with Gasteiger partial charge in [0.15, 0.2) is 0 Å². The van der Waals surface area contributed by atoms with Crippen LogP contribution in [-0.2, 0) is 28.5 Å². The molecule has 0 aliphatic heterocycles. The van der Waals surface area contributed by atoms with Crippen LogP contribution in [0.1, 0.15) is 130 Å². The zero-order chi connectivity index (χ0) is 30.0. The van der Waals surface area contributed by atoms with Gasteiger partial charge in [-0.1, -0.05) is 84.1 Å². The number of alkyl carbamates (subject to hydrolysis) is 1. The number of methoxy groups -OCH3 is 2. The third kappa shape index (κ3) is 70.2. The third-order valence-electron chi connectivity index (χ3n) is 5.00. The Bertz CT molecular complexity index is 536. The van der Waals surface area contributed by atoms with Gasteiger partial charge in [-0.2, -0.15) is 0 Å². The molecule has 0 saturated carbocycles. The molecule has 11 heteroatoms. The standard InChI is InChI=1S/C15H31NO5.C7H13NO3.C6H14O.6CH4/c1-4-5-7-14(17)12-13(2)21-15(18)16-8-6-9-20-11-10-19-3;1-10-5-6-11-4-2-3-8-7-9;1-3-4-5-6(2)7;;;;;;/h13-14,17H,4-12H2,1-3H3,(H,16,18);2-6H2,1H3;6-7H,3-5H2,1-2H3;6*1H4. The predicted molar refractivity (Wildman–Crippen MR) is 193 cm³/mol. The number of nitrogens with one attached hydrogen (secondary N) is 1. The molecule has 0 spiro atoms. The molecule has 3 N–H and O–H groups in total. The van der Waals surface area contributed by atoms with Gasteiger partial charge < -0.3 is 39.2 Å². The van der Waals surface area contributed by atoms with Crippen molar-refractivity contribution < 1.29 is 43.5 Å². The topological polar surface area (TPSA) is 145 Å². The van der Waals surface area contributed by atoms with Gasteiger partial charge in [0.25, 0.3) is 0 Å². The number of hydrogen-bond acceptors (Lipinski definition) is 10. The second kappa shape index (κ2) is 58.0. The fourth-order valence-electron chi connectivity index (χ4n) is 2.86. The lowest BCUT2D eigenvalue weighted by Crippen LogP contribution is -2.30. The fourth-order valence-corrected chi connectivity index (χ4v) is 2.86. The van der Waals surface area contributed by atoms with E-state index in [2.05, 4.69) is 24.2 Å².